The highest BCUT2D eigenvalue weighted by Gasteiger charge is 2.40. The van der Waals surface area contributed by atoms with Crippen LogP contribution in [0.15, 0.2) is 24.7 Å². The second-order valence-corrected chi connectivity index (χ2v) is 8.17. The van der Waals surface area contributed by atoms with Gasteiger partial charge in [0.25, 0.3) is 5.91 Å². The number of carbonyl (C=O) groups excluding carboxylic acids is 1. The fourth-order valence-corrected chi connectivity index (χ4v) is 3.62. The van der Waals surface area contributed by atoms with E-state index in [1.165, 1.54) is 6.20 Å². The number of hydrogen-bond donors (Lipinski definition) is 2. The molecule has 0 atom stereocenters. The first-order chi connectivity index (χ1) is 13.2. The van der Waals surface area contributed by atoms with Crippen LogP contribution in [0.3, 0.4) is 0 Å². The van der Waals surface area contributed by atoms with Crippen LogP contribution >= 0.6 is 0 Å². The van der Waals surface area contributed by atoms with E-state index in [9.17, 15) is 10.1 Å². The minimum atomic E-state index is -0.574. The molecule has 1 fully saturated rings. The maximum Gasteiger partial charge on any atom is 0.254 e. The van der Waals surface area contributed by atoms with E-state index in [0.717, 1.165) is 25.9 Å². The lowest BCUT2D eigenvalue weighted by Crippen LogP contribution is -2.52. The second-order valence-electron chi connectivity index (χ2n) is 8.17. The van der Waals surface area contributed by atoms with Crippen LogP contribution in [-0.4, -0.2) is 49.4 Å². The predicted molar refractivity (Wildman–Crippen MR) is 105 cm³/mol. The van der Waals surface area contributed by atoms with Gasteiger partial charge < -0.3 is 11.1 Å². The Morgan fingerprint density at radius 1 is 1.36 bits per heavy atom. The molecule has 2 aromatic heterocycles. The molecule has 3 rings (SSSR count). The van der Waals surface area contributed by atoms with Crippen LogP contribution in [0.4, 0.5) is 11.5 Å². The van der Waals surface area contributed by atoms with Crippen molar-refractivity contribution in [1.29, 1.82) is 5.26 Å². The highest BCUT2D eigenvalue weighted by atomic mass is 16.1. The number of rotatable bonds is 5. The van der Waals surface area contributed by atoms with Gasteiger partial charge in [0, 0.05) is 24.8 Å². The zero-order valence-corrected chi connectivity index (χ0v) is 16.5. The van der Waals surface area contributed by atoms with E-state index in [1.54, 1.807) is 23.1 Å². The van der Waals surface area contributed by atoms with Crippen LogP contribution in [0, 0.1) is 11.3 Å². The van der Waals surface area contributed by atoms with Gasteiger partial charge in [0.05, 0.1) is 36.1 Å². The van der Waals surface area contributed by atoms with Crippen molar-refractivity contribution in [3.05, 3.63) is 30.2 Å². The molecule has 148 valence electrons. The molecule has 1 amide bonds. The molecule has 1 aliphatic rings. The van der Waals surface area contributed by atoms with Crippen LogP contribution in [0.1, 0.15) is 50.4 Å². The summed E-state index contributed by atoms with van der Waals surface area (Å²) in [4.78, 5) is 14.4. The van der Waals surface area contributed by atoms with Gasteiger partial charge >= 0.3 is 0 Å². The number of nitrogens with one attached hydrogen (secondary N) is 1. The summed E-state index contributed by atoms with van der Waals surface area (Å²) in [6.07, 6.45) is 6.60. The van der Waals surface area contributed by atoms with E-state index in [4.69, 9.17) is 5.73 Å². The summed E-state index contributed by atoms with van der Waals surface area (Å²) in [5.74, 6) is -0.217. The summed E-state index contributed by atoms with van der Waals surface area (Å²) in [7, 11) is 0. The Morgan fingerprint density at radius 2 is 2.07 bits per heavy atom. The second kappa shape index (κ2) is 7.56. The molecule has 9 nitrogen and oxygen atoms in total. The maximum atomic E-state index is 12.0. The number of likely N-dealkylation sites (tertiary alicyclic amines) is 1. The van der Waals surface area contributed by atoms with E-state index in [2.05, 4.69) is 52.4 Å². The number of piperidine rings is 1. The number of amides is 1. The lowest BCUT2D eigenvalue weighted by Gasteiger charge is -2.45. The van der Waals surface area contributed by atoms with Gasteiger partial charge in [-0.15, -0.1) is 0 Å². The first-order valence-electron chi connectivity index (χ1n) is 9.31. The molecule has 1 saturated heterocycles. The van der Waals surface area contributed by atoms with Crippen LogP contribution in [0.5, 0.6) is 0 Å². The van der Waals surface area contributed by atoms with E-state index in [1.807, 2.05) is 0 Å². The number of anilines is 2. The number of hydrogen-bond acceptors (Lipinski definition) is 7. The van der Waals surface area contributed by atoms with Gasteiger partial charge in [0.15, 0.2) is 5.82 Å². The third-order valence-corrected chi connectivity index (χ3v) is 5.36. The Hall–Kier alpha value is -2.99. The Morgan fingerprint density at radius 3 is 2.61 bits per heavy atom. The first kappa shape index (κ1) is 19.8. The van der Waals surface area contributed by atoms with Gasteiger partial charge in [0.2, 0.25) is 0 Å². The Kier molecular flexibility index (Phi) is 5.34. The van der Waals surface area contributed by atoms with Crippen molar-refractivity contribution in [1.82, 2.24) is 24.9 Å². The summed E-state index contributed by atoms with van der Waals surface area (Å²) < 4.78 is 1.76. The molecule has 0 bridgehead atoms. The molecule has 0 saturated carbocycles. The summed E-state index contributed by atoms with van der Waals surface area (Å²) >= 11 is 0. The number of nitrogens with two attached hydrogens (primary N) is 1. The number of carbonyl (C=O) groups is 1. The van der Waals surface area contributed by atoms with Gasteiger partial charge in [0.1, 0.15) is 5.56 Å². The van der Waals surface area contributed by atoms with E-state index >= 15 is 0 Å². The summed E-state index contributed by atoms with van der Waals surface area (Å²) in [6.45, 7) is 8.28. The van der Waals surface area contributed by atoms with Crippen LogP contribution in [0.25, 0.3) is 0 Å². The monoisotopic (exact) mass is 382 g/mol. The molecular formula is C19H26N8O. The summed E-state index contributed by atoms with van der Waals surface area (Å²) in [6, 6.07) is 4.03. The van der Waals surface area contributed by atoms with Gasteiger partial charge in [-0.25, -0.2) is 0 Å². The fourth-order valence-electron chi connectivity index (χ4n) is 3.62. The average Bonchev–Trinajstić information content (AvgIpc) is 3.07. The number of nitrogens with zero attached hydrogens (tertiary/aromatic N) is 6. The van der Waals surface area contributed by atoms with Crippen molar-refractivity contribution in [3.63, 3.8) is 0 Å². The molecule has 0 radical (unpaired) electrons. The zero-order chi connectivity index (χ0) is 20.4. The highest BCUT2D eigenvalue weighted by molar-refractivity contribution is 5.98. The van der Waals surface area contributed by atoms with Gasteiger partial charge in [-0.2, -0.15) is 20.6 Å². The van der Waals surface area contributed by atoms with Crippen molar-refractivity contribution in [3.8, 4) is 6.07 Å². The molecule has 0 aliphatic carbocycles. The van der Waals surface area contributed by atoms with Crippen LogP contribution in [-0.2, 0) is 5.54 Å². The third kappa shape index (κ3) is 3.97. The Labute approximate surface area is 164 Å². The molecular weight excluding hydrogens is 356 g/mol. The smallest absolute Gasteiger partial charge is 0.254 e. The molecule has 9 heteroatoms. The van der Waals surface area contributed by atoms with Gasteiger partial charge in [-0.05, 0) is 39.7 Å². The van der Waals surface area contributed by atoms with Crippen molar-refractivity contribution < 1.29 is 4.79 Å². The molecule has 3 heterocycles. The number of nitriles is 1. The van der Waals surface area contributed by atoms with Crippen LogP contribution < -0.4 is 11.1 Å². The average molecular weight is 382 g/mol. The van der Waals surface area contributed by atoms with Crippen molar-refractivity contribution in [2.45, 2.75) is 51.1 Å². The highest BCUT2D eigenvalue weighted by Crippen LogP contribution is 2.36. The molecule has 2 aromatic rings. The van der Waals surface area contributed by atoms with E-state index < -0.39 is 11.4 Å². The molecule has 28 heavy (non-hydrogen) atoms. The molecule has 0 spiro atoms. The summed E-state index contributed by atoms with van der Waals surface area (Å²) in [5.41, 5.74) is 6.12. The van der Waals surface area contributed by atoms with Crippen molar-refractivity contribution >= 4 is 17.4 Å². The minimum Gasteiger partial charge on any atom is -0.365 e. The predicted octanol–water partition coefficient (Wildman–Crippen LogP) is 2.02. The summed E-state index contributed by atoms with van der Waals surface area (Å²) in [5, 5.41) is 24.7. The number of aromatic nitrogens is 4. The molecule has 3 N–H and O–H groups in total. The standard InChI is InChI=1S/C19H26N8O/c1-18(2,3)26-10-6-19(5-8-20,7-11-26)27-13-15(16(21)28)17(25-27)24-14-4-9-22-23-12-14/h4,9,12-13H,5-7,10-11H2,1-3H3,(H2,21,28)(H,22,24,25). The third-order valence-electron chi connectivity index (χ3n) is 5.36. The normalized spacial score (nSPS) is 17.1. The molecule has 0 aromatic carbocycles. The lowest BCUT2D eigenvalue weighted by molar-refractivity contribution is 0.0438. The maximum absolute atomic E-state index is 12.0. The molecule has 1 aliphatic heterocycles. The minimum absolute atomic E-state index is 0.0718. The lowest BCUT2D eigenvalue weighted by atomic mass is 9.83. The Bertz CT molecular complexity index is 870. The van der Waals surface area contributed by atoms with Crippen LogP contribution in [0.2, 0.25) is 0 Å². The number of primary amides is 1. The largest absolute Gasteiger partial charge is 0.365 e. The zero-order valence-electron chi connectivity index (χ0n) is 16.5. The van der Waals surface area contributed by atoms with E-state index in [0.29, 0.717) is 17.9 Å². The van der Waals surface area contributed by atoms with Gasteiger partial charge in [-0.3, -0.25) is 14.4 Å². The van der Waals surface area contributed by atoms with Crippen molar-refractivity contribution in [2.24, 2.45) is 5.73 Å². The first-order valence-corrected chi connectivity index (χ1v) is 9.31. The van der Waals surface area contributed by atoms with Gasteiger partial charge in [-0.1, -0.05) is 0 Å². The SMILES string of the molecule is CC(C)(C)N1CCC(CC#N)(n2cc(C(N)=O)c(Nc3ccnnc3)n2)CC1. The van der Waals surface area contributed by atoms with Crippen molar-refractivity contribution in [2.75, 3.05) is 18.4 Å². The molecule has 0 unspecified atom stereocenters. The van der Waals surface area contributed by atoms with E-state index in [-0.39, 0.29) is 11.1 Å². The fraction of sp³-hybridized carbons (Fsp3) is 0.526. The quantitative estimate of drug-likeness (QED) is 0.810. The topological polar surface area (TPSA) is 126 Å². The Balaban J connectivity index is 1.93.